The standard InChI is InChI=1S/C77H132O20/c1-45-22-28-56(78)36-59-18-16-20-61(94-59)40-67(90-14)38-58(80)39-68(81)52(8)76(54(10)74(86)47(3)26-30-63-41-65(88-12)34-49(5)92-63)96-72(84)32-24-46(2)23-29-57(79)37-60-19-17-21-62(95-60)43-71(91-15)51(7)69(82)44-70(83)53(9)77(97-73(85)33-25-45)55(11)75(87)48(4)27-31-64-42-66(89-13)35-50(6)93-64/h17,19,22-25,32-33,47-71,74-83,86-87H,16,18,20-21,26-31,34-44H2,1-15H3/b32-24-,33-25-,45-22+,46-23+/t47-,48-,49-,50-,51-,52-,53-,54-,55-,56-,57-,58+,59-,60-,61+,62+,63-,64-,65+,66+,67+,68+,69-,70+,71-,74-,75-,76-,77-/m0/s1. The zero-order chi connectivity index (χ0) is 71.6. The molecule has 3 saturated heterocycles. The van der Waals surface area contributed by atoms with Crippen LogP contribution in [0.25, 0.3) is 0 Å². The molecule has 0 amide bonds. The Balaban J connectivity index is 1.35. The summed E-state index contributed by atoms with van der Waals surface area (Å²) in [5, 5.41) is 94.0. The summed E-state index contributed by atoms with van der Waals surface area (Å²) in [4.78, 5) is 27.8. The van der Waals surface area contributed by atoms with E-state index in [2.05, 4.69) is 0 Å². The van der Waals surface area contributed by atoms with Crippen LogP contribution in [0.4, 0.5) is 0 Å². The second-order valence-electron chi connectivity index (χ2n) is 30.2. The number of cyclic esters (lactones) is 2. The molecule has 8 N–H and O–H groups in total. The molecule has 5 aliphatic heterocycles. The third-order valence-corrected chi connectivity index (χ3v) is 22.0. The van der Waals surface area contributed by atoms with Crippen molar-refractivity contribution in [3.05, 3.63) is 59.8 Å². The van der Waals surface area contributed by atoms with Crippen LogP contribution >= 0.6 is 0 Å². The molecule has 3 fully saturated rings. The van der Waals surface area contributed by atoms with Crippen molar-refractivity contribution in [3.63, 3.8) is 0 Å². The molecule has 0 aromatic rings. The molecule has 560 valence electrons. The second kappa shape index (κ2) is 43.2. The molecule has 0 radical (unpaired) electrons. The number of hydrogen-bond donors (Lipinski definition) is 8. The van der Waals surface area contributed by atoms with Crippen molar-refractivity contribution in [2.75, 3.05) is 28.4 Å². The number of rotatable bonds is 16. The SMILES string of the molecule is CO[C@@H]1C[C@@H](O)C[C@@H](O)[C@H](C)[C@@H]([C@@H](C)[C@@H](O)[C@@H](C)CC[C@H]2C[C@H](OC)C[C@H](C)O2)OC(=O)/C=C\C(C)=C\C[C@H](O)C[C@@H]2C=CC[C@H](C[C@H](OC)[C@@H](C)[C@@H](O)C[C@@H](O)[C@H](C)[C@@H]([C@@H](C)[C@@H](O)[C@@H](C)CC[C@H]3C[C@H](OC)C[C@H](C)O3)OC(=O)/C=C\C(C)=C\C[C@H](O)C[C@@H]3CCC[C@H](C1)O3)O2. The van der Waals surface area contributed by atoms with Gasteiger partial charge in [0.2, 0.25) is 0 Å². The highest BCUT2D eigenvalue weighted by molar-refractivity contribution is 5.83. The first-order valence-electron chi connectivity index (χ1n) is 37.0. The largest absolute Gasteiger partial charge is 0.458 e. The summed E-state index contributed by atoms with van der Waals surface area (Å²) in [6.45, 7) is 20.7. The summed E-state index contributed by atoms with van der Waals surface area (Å²) in [6, 6.07) is 0. The minimum Gasteiger partial charge on any atom is -0.458 e. The molecule has 0 aliphatic carbocycles. The van der Waals surface area contributed by atoms with Gasteiger partial charge < -0.3 is 88.2 Å². The Bertz CT molecular complexity index is 2400. The van der Waals surface area contributed by atoms with Crippen LogP contribution in [0.15, 0.2) is 59.8 Å². The quantitative estimate of drug-likeness (QED) is 0.0527. The minimum absolute atomic E-state index is 0.0233. The van der Waals surface area contributed by atoms with E-state index in [1.54, 1.807) is 54.4 Å². The summed E-state index contributed by atoms with van der Waals surface area (Å²) in [5.74, 6) is -4.94. The molecule has 5 heterocycles. The molecule has 20 heteroatoms. The van der Waals surface area contributed by atoms with Crippen LogP contribution in [-0.2, 0) is 57.0 Å². The summed E-state index contributed by atoms with van der Waals surface area (Å²) in [5.41, 5.74) is 1.41. The van der Waals surface area contributed by atoms with Gasteiger partial charge in [0, 0.05) is 83.0 Å². The van der Waals surface area contributed by atoms with Gasteiger partial charge in [0.25, 0.3) is 0 Å². The average Bonchev–Trinajstić information content (AvgIpc) is 0.861. The van der Waals surface area contributed by atoms with Crippen LogP contribution in [0.3, 0.4) is 0 Å². The number of aliphatic hydroxyl groups excluding tert-OH is 8. The van der Waals surface area contributed by atoms with E-state index in [0.29, 0.717) is 68.9 Å². The van der Waals surface area contributed by atoms with Gasteiger partial charge in [-0.3, -0.25) is 0 Å². The second-order valence-corrected chi connectivity index (χ2v) is 30.2. The molecule has 5 rings (SSSR count). The Labute approximate surface area is 582 Å². The Morgan fingerprint density at radius 3 is 1.41 bits per heavy atom. The topological polar surface area (TPSA) is 288 Å². The van der Waals surface area contributed by atoms with E-state index in [1.807, 2.05) is 86.6 Å². The molecule has 20 nitrogen and oxygen atoms in total. The molecular formula is C77H132O20. The Kier molecular flexibility index (Phi) is 37.7. The predicted molar refractivity (Wildman–Crippen MR) is 373 cm³/mol. The van der Waals surface area contributed by atoms with E-state index in [9.17, 15) is 50.4 Å². The number of ether oxygens (including phenoxy) is 10. The maximum absolute atomic E-state index is 13.9. The third kappa shape index (κ3) is 29.0. The smallest absolute Gasteiger partial charge is 0.331 e. The molecule has 0 aromatic heterocycles. The number of aliphatic hydroxyl groups is 8. The van der Waals surface area contributed by atoms with Crippen molar-refractivity contribution < 1.29 is 97.8 Å². The zero-order valence-corrected chi connectivity index (χ0v) is 61.7. The lowest BCUT2D eigenvalue weighted by Crippen LogP contribution is -2.45. The number of hydrogen-bond acceptors (Lipinski definition) is 20. The fourth-order valence-corrected chi connectivity index (χ4v) is 15.5. The maximum atomic E-state index is 13.9. The average molecular weight is 1380 g/mol. The first-order valence-corrected chi connectivity index (χ1v) is 37.0. The Morgan fingerprint density at radius 1 is 0.474 bits per heavy atom. The van der Waals surface area contributed by atoms with E-state index in [0.717, 1.165) is 44.9 Å². The van der Waals surface area contributed by atoms with Gasteiger partial charge in [-0.1, -0.05) is 96.1 Å². The number of methoxy groups -OCH3 is 4. The van der Waals surface area contributed by atoms with Crippen molar-refractivity contribution in [2.24, 2.45) is 41.4 Å². The molecule has 29 atom stereocenters. The van der Waals surface area contributed by atoms with E-state index < -0.39 is 121 Å². The van der Waals surface area contributed by atoms with Gasteiger partial charge in [-0.15, -0.1) is 0 Å². The predicted octanol–water partition coefficient (Wildman–Crippen LogP) is 10.1. The first-order chi connectivity index (χ1) is 46.0. The van der Waals surface area contributed by atoms with Crippen LogP contribution in [0.5, 0.6) is 0 Å². The Morgan fingerprint density at radius 2 is 0.928 bits per heavy atom. The highest BCUT2D eigenvalue weighted by Crippen LogP contribution is 2.37. The van der Waals surface area contributed by atoms with E-state index >= 15 is 0 Å². The summed E-state index contributed by atoms with van der Waals surface area (Å²) >= 11 is 0. The minimum atomic E-state index is -1.16. The number of carbonyl (C=O) groups is 2. The lowest BCUT2D eigenvalue weighted by Gasteiger charge is -2.38. The summed E-state index contributed by atoms with van der Waals surface area (Å²) in [6.07, 6.45) is 13.1. The van der Waals surface area contributed by atoms with Gasteiger partial charge in [-0.25, -0.2) is 9.59 Å². The number of esters is 2. The van der Waals surface area contributed by atoms with Crippen LogP contribution in [0.2, 0.25) is 0 Å². The van der Waals surface area contributed by atoms with Crippen molar-refractivity contribution >= 4 is 11.9 Å². The molecule has 0 aromatic carbocycles. The van der Waals surface area contributed by atoms with E-state index in [1.165, 1.54) is 12.2 Å². The van der Waals surface area contributed by atoms with Crippen molar-refractivity contribution in [1.29, 1.82) is 0 Å². The lowest BCUT2D eigenvalue weighted by molar-refractivity contribution is -0.158. The molecule has 0 unspecified atom stereocenters. The highest BCUT2D eigenvalue weighted by Gasteiger charge is 2.42. The van der Waals surface area contributed by atoms with Crippen LogP contribution in [0, 0.1) is 41.4 Å². The van der Waals surface area contributed by atoms with Crippen molar-refractivity contribution in [3.8, 4) is 0 Å². The maximum Gasteiger partial charge on any atom is 0.331 e. The number of carbonyl (C=O) groups excluding carboxylic acids is 2. The first kappa shape index (κ1) is 84.7. The highest BCUT2D eigenvalue weighted by atomic mass is 16.6. The number of fused-ring (bicyclic) bond motifs is 4. The van der Waals surface area contributed by atoms with Gasteiger partial charge in [-0.2, -0.15) is 0 Å². The van der Waals surface area contributed by atoms with Crippen LogP contribution in [-0.4, -0.2) is 216 Å². The summed E-state index contributed by atoms with van der Waals surface area (Å²) < 4.78 is 61.2. The molecule has 0 spiro atoms. The molecule has 5 aliphatic rings. The van der Waals surface area contributed by atoms with Crippen LogP contribution in [0.1, 0.15) is 211 Å². The third-order valence-electron chi connectivity index (χ3n) is 22.0. The van der Waals surface area contributed by atoms with Gasteiger partial charge >= 0.3 is 11.9 Å². The molecule has 97 heavy (non-hydrogen) atoms. The fourth-order valence-electron chi connectivity index (χ4n) is 15.5. The number of allylic oxidation sites excluding steroid dienone is 4. The van der Waals surface area contributed by atoms with Crippen molar-refractivity contribution in [1.82, 2.24) is 0 Å². The van der Waals surface area contributed by atoms with Gasteiger partial charge in [-0.05, 0) is 162 Å². The van der Waals surface area contributed by atoms with E-state index in [4.69, 9.17) is 47.4 Å². The molecular weight excluding hydrogens is 1240 g/mol. The summed E-state index contributed by atoms with van der Waals surface area (Å²) in [7, 11) is 6.60. The fraction of sp³-hybridized carbons (Fsp3) is 0.844. The Hall–Kier alpha value is -3.00. The van der Waals surface area contributed by atoms with E-state index in [-0.39, 0.29) is 98.9 Å². The lowest BCUT2D eigenvalue weighted by atomic mass is 9.78. The monoisotopic (exact) mass is 1380 g/mol. The van der Waals surface area contributed by atoms with Gasteiger partial charge in [0.05, 0.1) is 122 Å². The molecule has 4 bridgehead atoms. The zero-order valence-electron chi connectivity index (χ0n) is 61.7. The van der Waals surface area contributed by atoms with Gasteiger partial charge in [0.15, 0.2) is 0 Å². The van der Waals surface area contributed by atoms with Crippen LogP contribution < -0.4 is 0 Å². The normalized spacial score (nSPS) is 40.8. The molecule has 0 saturated carbocycles. The van der Waals surface area contributed by atoms with Crippen molar-refractivity contribution in [2.45, 2.75) is 345 Å². The van der Waals surface area contributed by atoms with Gasteiger partial charge in [0.1, 0.15) is 12.2 Å².